The van der Waals surface area contributed by atoms with Crippen LogP contribution in [0.4, 0.5) is 10.1 Å². The molecule has 4 nitrogen and oxygen atoms in total. The van der Waals surface area contributed by atoms with Crippen LogP contribution in [0.3, 0.4) is 0 Å². The number of halogens is 2. The van der Waals surface area contributed by atoms with Crippen LogP contribution in [0.5, 0.6) is 0 Å². The Kier molecular flexibility index (Phi) is 4.83. The van der Waals surface area contributed by atoms with Crippen molar-refractivity contribution in [3.8, 4) is 0 Å². The number of nitrogens with zero attached hydrogens (tertiary/aromatic N) is 1. The van der Waals surface area contributed by atoms with Gasteiger partial charge in [-0.2, -0.15) is 0 Å². The Hall–Kier alpha value is -1.62. The van der Waals surface area contributed by atoms with E-state index in [-0.39, 0.29) is 16.8 Å². The summed E-state index contributed by atoms with van der Waals surface area (Å²) in [4.78, 5) is 25.8. The fraction of sp³-hybridized carbons (Fsp3) is 0.467. The van der Waals surface area contributed by atoms with Crippen molar-refractivity contribution in [3.63, 3.8) is 0 Å². The van der Waals surface area contributed by atoms with Gasteiger partial charge in [-0.25, -0.2) is 4.39 Å². The lowest BCUT2D eigenvalue weighted by molar-refractivity contribution is -0.132. The maximum absolute atomic E-state index is 13.2. The number of hydrogen-bond acceptors (Lipinski definition) is 2. The number of amides is 2. The normalized spacial score (nSPS) is 18.4. The first-order valence-corrected chi connectivity index (χ1v) is 7.32. The molecule has 0 spiro atoms. The van der Waals surface area contributed by atoms with Crippen LogP contribution < -0.4 is 10.2 Å². The minimum atomic E-state index is -0.674. The van der Waals surface area contributed by atoms with Crippen LogP contribution in [0.2, 0.25) is 5.02 Å². The second-order valence-electron chi connectivity index (χ2n) is 5.57. The van der Waals surface area contributed by atoms with E-state index >= 15 is 0 Å². The van der Waals surface area contributed by atoms with Crippen molar-refractivity contribution in [1.82, 2.24) is 5.32 Å². The molecule has 0 aromatic heterocycles. The molecule has 1 unspecified atom stereocenters. The Morgan fingerprint density at radius 2 is 2.24 bits per heavy atom. The lowest BCUT2D eigenvalue weighted by Gasteiger charge is -2.17. The van der Waals surface area contributed by atoms with E-state index in [1.807, 2.05) is 13.8 Å². The second-order valence-corrected chi connectivity index (χ2v) is 5.98. The summed E-state index contributed by atoms with van der Waals surface area (Å²) in [5, 5.41) is 2.74. The van der Waals surface area contributed by atoms with Crippen molar-refractivity contribution in [2.45, 2.75) is 20.3 Å². The van der Waals surface area contributed by atoms with E-state index in [1.54, 1.807) is 0 Å². The van der Waals surface area contributed by atoms with Crippen LogP contribution in [0.15, 0.2) is 18.2 Å². The average Bonchev–Trinajstić information content (AvgIpc) is 2.81. The lowest BCUT2D eigenvalue weighted by Crippen LogP contribution is -2.38. The van der Waals surface area contributed by atoms with Crippen LogP contribution >= 0.6 is 11.6 Å². The highest BCUT2D eigenvalue weighted by Crippen LogP contribution is 2.28. The highest BCUT2D eigenvalue weighted by molar-refractivity contribution is 6.31. The standard InChI is InChI=1S/C15H18ClFN2O2/c1-9(2)8-18-14(20)11-5-6-19(15(11)21)10-3-4-13(17)12(16)7-10/h3-4,7,9,11H,5-6,8H2,1-2H3,(H,18,20). The second kappa shape index (κ2) is 6.43. The van der Waals surface area contributed by atoms with Gasteiger partial charge in [-0.1, -0.05) is 25.4 Å². The highest BCUT2D eigenvalue weighted by atomic mass is 35.5. The SMILES string of the molecule is CC(C)CNC(=O)C1CCN(c2ccc(F)c(Cl)c2)C1=O. The summed E-state index contributed by atoms with van der Waals surface area (Å²) < 4.78 is 13.2. The molecule has 1 aliphatic heterocycles. The summed E-state index contributed by atoms with van der Waals surface area (Å²) in [7, 11) is 0. The molecule has 1 N–H and O–H groups in total. The number of carbonyl (C=O) groups is 2. The van der Waals surface area contributed by atoms with Crippen LogP contribution in [-0.4, -0.2) is 24.9 Å². The predicted molar refractivity (Wildman–Crippen MR) is 79.7 cm³/mol. The summed E-state index contributed by atoms with van der Waals surface area (Å²) >= 11 is 5.73. The number of rotatable bonds is 4. The molecule has 114 valence electrons. The van der Waals surface area contributed by atoms with Gasteiger partial charge in [0.1, 0.15) is 11.7 Å². The monoisotopic (exact) mass is 312 g/mol. The molecule has 0 radical (unpaired) electrons. The predicted octanol–water partition coefficient (Wildman–Crippen LogP) is 2.60. The molecule has 21 heavy (non-hydrogen) atoms. The van der Waals surface area contributed by atoms with Crippen LogP contribution in [0, 0.1) is 17.7 Å². The molecule has 1 atom stereocenters. The zero-order valence-electron chi connectivity index (χ0n) is 12.0. The Morgan fingerprint density at radius 3 is 2.86 bits per heavy atom. The van der Waals surface area contributed by atoms with Gasteiger partial charge in [-0.05, 0) is 30.5 Å². The Labute approximate surface area is 128 Å². The van der Waals surface area contributed by atoms with Gasteiger partial charge >= 0.3 is 0 Å². The maximum Gasteiger partial charge on any atom is 0.239 e. The summed E-state index contributed by atoms with van der Waals surface area (Å²) in [6.45, 7) is 4.96. The summed E-state index contributed by atoms with van der Waals surface area (Å²) in [6.07, 6.45) is 0.456. The molecule has 1 fully saturated rings. The lowest BCUT2D eigenvalue weighted by atomic mass is 10.1. The molecule has 1 aromatic carbocycles. The van der Waals surface area contributed by atoms with Gasteiger partial charge in [0.2, 0.25) is 11.8 Å². The number of carbonyl (C=O) groups excluding carboxylic acids is 2. The zero-order valence-corrected chi connectivity index (χ0v) is 12.8. The van der Waals surface area contributed by atoms with E-state index in [9.17, 15) is 14.0 Å². The fourth-order valence-electron chi connectivity index (χ4n) is 2.26. The molecule has 1 aromatic rings. The number of nitrogens with one attached hydrogen (secondary N) is 1. The van der Waals surface area contributed by atoms with E-state index in [4.69, 9.17) is 11.6 Å². The largest absolute Gasteiger partial charge is 0.355 e. The molecular weight excluding hydrogens is 295 g/mol. The Morgan fingerprint density at radius 1 is 1.52 bits per heavy atom. The minimum Gasteiger partial charge on any atom is -0.355 e. The van der Waals surface area contributed by atoms with Crippen molar-refractivity contribution < 1.29 is 14.0 Å². The first-order valence-electron chi connectivity index (χ1n) is 6.94. The molecule has 1 heterocycles. The third-order valence-electron chi connectivity index (χ3n) is 3.42. The van der Waals surface area contributed by atoms with Crippen molar-refractivity contribution in [2.75, 3.05) is 18.0 Å². The molecule has 6 heteroatoms. The molecule has 0 aliphatic carbocycles. The third kappa shape index (κ3) is 3.53. The van der Waals surface area contributed by atoms with Gasteiger partial charge in [0.25, 0.3) is 0 Å². The quantitative estimate of drug-likeness (QED) is 0.869. The molecule has 2 amide bonds. The topological polar surface area (TPSA) is 49.4 Å². The molecule has 1 aliphatic rings. The fourth-order valence-corrected chi connectivity index (χ4v) is 2.44. The van der Waals surface area contributed by atoms with Crippen LogP contribution in [0.1, 0.15) is 20.3 Å². The number of anilines is 1. The van der Waals surface area contributed by atoms with Gasteiger partial charge in [-0.15, -0.1) is 0 Å². The number of benzene rings is 1. The molecule has 0 bridgehead atoms. The number of hydrogen-bond donors (Lipinski definition) is 1. The molecular formula is C15H18ClFN2O2. The van der Waals surface area contributed by atoms with Crippen LogP contribution in [0.25, 0.3) is 0 Å². The summed E-state index contributed by atoms with van der Waals surface area (Å²) in [5.41, 5.74) is 0.519. The van der Waals surface area contributed by atoms with E-state index in [0.29, 0.717) is 31.1 Å². The molecule has 2 rings (SSSR count). The summed E-state index contributed by atoms with van der Waals surface area (Å²) in [6, 6.07) is 4.12. The van der Waals surface area contributed by atoms with E-state index in [2.05, 4.69) is 5.32 Å². The van der Waals surface area contributed by atoms with Crippen molar-refractivity contribution in [2.24, 2.45) is 11.8 Å². The average molecular weight is 313 g/mol. The smallest absolute Gasteiger partial charge is 0.239 e. The zero-order chi connectivity index (χ0) is 15.6. The third-order valence-corrected chi connectivity index (χ3v) is 3.71. The van der Waals surface area contributed by atoms with Crippen molar-refractivity contribution in [1.29, 1.82) is 0 Å². The molecule has 0 saturated carbocycles. The van der Waals surface area contributed by atoms with E-state index in [0.717, 1.165) is 0 Å². The first kappa shape index (κ1) is 15.8. The van der Waals surface area contributed by atoms with E-state index < -0.39 is 11.7 Å². The highest BCUT2D eigenvalue weighted by Gasteiger charge is 2.37. The van der Waals surface area contributed by atoms with Gasteiger partial charge in [-0.3, -0.25) is 9.59 Å². The van der Waals surface area contributed by atoms with Crippen molar-refractivity contribution in [3.05, 3.63) is 29.0 Å². The minimum absolute atomic E-state index is 0.0343. The Bertz CT molecular complexity index is 563. The van der Waals surface area contributed by atoms with Gasteiger partial charge < -0.3 is 10.2 Å². The van der Waals surface area contributed by atoms with Gasteiger partial charge in [0, 0.05) is 18.8 Å². The van der Waals surface area contributed by atoms with Gasteiger partial charge in [0.05, 0.1) is 5.02 Å². The first-order chi connectivity index (χ1) is 9.90. The van der Waals surface area contributed by atoms with Crippen molar-refractivity contribution >= 4 is 29.1 Å². The van der Waals surface area contributed by atoms with E-state index in [1.165, 1.54) is 23.1 Å². The van der Waals surface area contributed by atoms with Crippen LogP contribution in [-0.2, 0) is 9.59 Å². The Balaban J connectivity index is 2.07. The summed E-state index contributed by atoms with van der Waals surface area (Å²) in [5.74, 6) is -1.38. The maximum atomic E-state index is 13.2. The van der Waals surface area contributed by atoms with Gasteiger partial charge in [0.15, 0.2) is 0 Å². The molecule has 1 saturated heterocycles.